The number of hydrogen-bond acceptors (Lipinski definition) is 6. The topological polar surface area (TPSA) is 128 Å². The van der Waals surface area contributed by atoms with Crippen molar-refractivity contribution in [3.8, 4) is 5.75 Å². The molecule has 1 amide bonds. The van der Waals surface area contributed by atoms with E-state index < -0.39 is 11.9 Å². The molecule has 9 nitrogen and oxygen atoms in total. The SMILES string of the molecule is O=C(CC[NH+]1CCC(N2C(=O)COc3ccccc32)C1)c1ccccc1.O=C([O-])C(=O)O. The largest absolute Gasteiger partial charge is 0.539 e. The zero-order chi connectivity index (χ0) is 23.1. The van der Waals surface area contributed by atoms with Crippen LogP contribution in [0.15, 0.2) is 54.6 Å². The van der Waals surface area contributed by atoms with Crippen LogP contribution < -0.4 is 19.6 Å². The first kappa shape index (κ1) is 23.0. The van der Waals surface area contributed by atoms with E-state index in [9.17, 15) is 9.59 Å². The van der Waals surface area contributed by atoms with E-state index in [4.69, 9.17) is 24.5 Å². The molecule has 9 heteroatoms. The first-order valence-electron chi connectivity index (χ1n) is 10.3. The van der Waals surface area contributed by atoms with Crippen molar-refractivity contribution in [2.75, 3.05) is 31.1 Å². The highest BCUT2D eigenvalue weighted by Crippen LogP contribution is 2.33. The normalized spacial score (nSPS) is 19.2. The maximum Gasteiger partial charge on any atom is 0.351 e. The maximum atomic E-state index is 12.4. The van der Waals surface area contributed by atoms with Crippen LogP contribution >= 0.6 is 0 Å². The van der Waals surface area contributed by atoms with Crippen molar-refractivity contribution < 1.29 is 39.0 Å². The molecule has 2 N–H and O–H groups in total. The minimum atomic E-state index is -2.07. The van der Waals surface area contributed by atoms with Crippen LogP contribution in [0.5, 0.6) is 5.75 Å². The Kier molecular flexibility index (Phi) is 7.56. The Bertz CT molecular complexity index is 981. The Labute approximate surface area is 184 Å². The fraction of sp³-hybridized carbons (Fsp3) is 0.304. The molecule has 2 aliphatic rings. The maximum absolute atomic E-state index is 12.4. The number of nitrogens with one attached hydrogen (secondary N) is 1. The van der Waals surface area contributed by atoms with Gasteiger partial charge in [-0.1, -0.05) is 42.5 Å². The van der Waals surface area contributed by atoms with Gasteiger partial charge in [-0.3, -0.25) is 14.5 Å². The number of carboxylic acid groups (broad SMARTS) is 2. The Hall–Kier alpha value is -3.72. The number of aliphatic carboxylic acids is 2. The molecule has 2 aromatic carbocycles. The van der Waals surface area contributed by atoms with Gasteiger partial charge in [0.2, 0.25) is 0 Å². The van der Waals surface area contributed by atoms with E-state index in [0.717, 1.165) is 43.1 Å². The monoisotopic (exact) mass is 440 g/mol. The van der Waals surface area contributed by atoms with Crippen LogP contribution in [0.25, 0.3) is 0 Å². The number of ketones is 1. The van der Waals surface area contributed by atoms with Gasteiger partial charge in [-0.25, -0.2) is 4.79 Å². The summed E-state index contributed by atoms with van der Waals surface area (Å²) in [6.45, 7) is 2.78. The lowest BCUT2D eigenvalue weighted by atomic mass is 10.1. The van der Waals surface area contributed by atoms with Gasteiger partial charge in [-0.2, -0.15) is 0 Å². The first-order valence-corrected chi connectivity index (χ1v) is 10.3. The van der Waals surface area contributed by atoms with Crippen LogP contribution in [0.4, 0.5) is 5.69 Å². The second-order valence-corrected chi connectivity index (χ2v) is 7.55. The highest BCUT2D eigenvalue weighted by Gasteiger charge is 2.37. The molecule has 168 valence electrons. The summed E-state index contributed by atoms with van der Waals surface area (Å²) in [5.41, 5.74) is 1.65. The second-order valence-electron chi connectivity index (χ2n) is 7.55. The molecular formula is C23H24N2O7. The third-order valence-corrected chi connectivity index (χ3v) is 5.44. The van der Waals surface area contributed by atoms with E-state index in [-0.39, 0.29) is 24.3 Å². The van der Waals surface area contributed by atoms with Gasteiger partial charge < -0.3 is 24.6 Å². The van der Waals surface area contributed by atoms with Crippen molar-refractivity contribution in [1.29, 1.82) is 0 Å². The van der Waals surface area contributed by atoms with Gasteiger partial charge in [-0.15, -0.1) is 0 Å². The molecule has 0 saturated carbocycles. The third-order valence-electron chi connectivity index (χ3n) is 5.44. The van der Waals surface area contributed by atoms with E-state index >= 15 is 0 Å². The van der Waals surface area contributed by atoms with E-state index in [1.807, 2.05) is 59.5 Å². The molecular weight excluding hydrogens is 416 g/mol. The number of fused-ring (bicyclic) bond motifs is 1. The van der Waals surface area contributed by atoms with Crippen molar-refractivity contribution in [1.82, 2.24) is 0 Å². The zero-order valence-corrected chi connectivity index (χ0v) is 17.4. The van der Waals surface area contributed by atoms with Gasteiger partial charge in [0.05, 0.1) is 37.8 Å². The van der Waals surface area contributed by atoms with Crippen LogP contribution in [0.1, 0.15) is 23.2 Å². The van der Waals surface area contributed by atoms with E-state index in [1.54, 1.807) is 0 Å². The summed E-state index contributed by atoms with van der Waals surface area (Å²) in [4.78, 5) is 46.1. The smallest absolute Gasteiger partial charge is 0.351 e. The predicted molar refractivity (Wildman–Crippen MR) is 111 cm³/mol. The summed E-state index contributed by atoms with van der Waals surface area (Å²) >= 11 is 0. The number of rotatable bonds is 5. The number of Topliss-reactive ketones (excluding diaryl/α,β-unsaturated/α-hetero) is 1. The Morgan fingerprint density at radius 2 is 1.75 bits per heavy atom. The van der Waals surface area contributed by atoms with Crippen LogP contribution in [-0.2, 0) is 14.4 Å². The van der Waals surface area contributed by atoms with E-state index in [2.05, 4.69) is 0 Å². The molecule has 1 saturated heterocycles. The molecule has 0 aromatic heterocycles. The molecule has 0 aliphatic carbocycles. The highest BCUT2D eigenvalue weighted by atomic mass is 16.5. The van der Waals surface area contributed by atoms with E-state index in [1.165, 1.54) is 4.90 Å². The van der Waals surface area contributed by atoms with Crippen LogP contribution in [-0.4, -0.2) is 61.0 Å². The number of para-hydroxylation sites is 2. The molecule has 32 heavy (non-hydrogen) atoms. The number of nitrogens with zero attached hydrogens (tertiary/aromatic N) is 1. The van der Waals surface area contributed by atoms with Gasteiger partial charge in [-0.05, 0) is 12.1 Å². The second kappa shape index (κ2) is 10.5. The molecule has 2 aromatic rings. The number of quaternary nitrogens is 1. The van der Waals surface area contributed by atoms with Crippen molar-refractivity contribution in [2.24, 2.45) is 0 Å². The van der Waals surface area contributed by atoms with Gasteiger partial charge in [0.15, 0.2) is 18.4 Å². The number of likely N-dealkylation sites (tertiary alicyclic amines) is 1. The molecule has 4 rings (SSSR count). The summed E-state index contributed by atoms with van der Waals surface area (Å²) < 4.78 is 5.54. The van der Waals surface area contributed by atoms with Gasteiger partial charge in [0.25, 0.3) is 5.91 Å². The predicted octanol–water partition coefficient (Wildman–Crippen LogP) is -0.837. The molecule has 0 bridgehead atoms. The van der Waals surface area contributed by atoms with Crippen molar-refractivity contribution in [2.45, 2.75) is 18.9 Å². The van der Waals surface area contributed by atoms with E-state index in [0.29, 0.717) is 6.42 Å². The van der Waals surface area contributed by atoms with Gasteiger partial charge in [0, 0.05) is 12.0 Å². The first-order chi connectivity index (χ1) is 15.4. The lowest BCUT2D eigenvalue weighted by Crippen LogP contribution is -3.10. The molecule has 2 unspecified atom stereocenters. The number of carbonyl (C=O) groups is 4. The Morgan fingerprint density at radius 3 is 2.44 bits per heavy atom. The molecule has 2 heterocycles. The number of carbonyl (C=O) groups excluding carboxylic acids is 3. The van der Waals surface area contributed by atoms with Crippen molar-refractivity contribution in [3.63, 3.8) is 0 Å². The number of anilines is 1. The summed E-state index contributed by atoms with van der Waals surface area (Å²) in [6.07, 6.45) is 1.49. The Morgan fingerprint density at radius 1 is 1.09 bits per heavy atom. The minimum Gasteiger partial charge on any atom is -0.539 e. The summed E-state index contributed by atoms with van der Waals surface area (Å²) in [6, 6.07) is 17.3. The molecule has 0 spiro atoms. The molecule has 2 atom stereocenters. The minimum absolute atomic E-state index is 0.0234. The van der Waals surface area contributed by atoms with Crippen molar-refractivity contribution >= 4 is 29.3 Å². The summed E-state index contributed by atoms with van der Waals surface area (Å²) in [5, 5.41) is 16.3. The number of hydrogen-bond donors (Lipinski definition) is 2. The average molecular weight is 440 g/mol. The lowest BCUT2D eigenvalue weighted by Gasteiger charge is -2.32. The van der Waals surface area contributed by atoms with Gasteiger partial charge >= 0.3 is 5.97 Å². The number of carboxylic acids is 2. The summed E-state index contributed by atoms with van der Waals surface area (Å²) in [5.74, 6) is -3.02. The fourth-order valence-electron chi connectivity index (χ4n) is 3.94. The standard InChI is InChI=1S/C21H22N2O3.C2H2O4/c24-19(16-6-2-1-3-7-16)11-13-22-12-10-17(14-22)23-18-8-4-5-9-20(18)26-15-21(23)25;3-1(4)2(5)6/h1-9,17H,10-15H2;(H,3,4)(H,5,6). The average Bonchev–Trinajstić information content (AvgIpc) is 3.26. The highest BCUT2D eigenvalue weighted by molar-refractivity contribution is 6.26. The molecule has 2 aliphatic heterocycles. The van der Waals surface area contributed by atoms with Crippen LogP contribution in [0.2, 0.25) is 0 Å². The van der Waals surface area contributed by atoms with Crippen LogP contribution in [0.3, 0.4) is 0 Å². The number of ether oxygens (including phenoxy) is 1. The van der Waals surface area contributed by atoms with Crippen LogP contribution in [0, 0.1) is 0 Å². The summed E-state index contributed by atoms with van der Waals surface area (Å²) in [7, 11) is 0. The van der Waals surface area contributed by atoms with Crippen molar-refractivity contribution in [3.05, 3.63) is 60.2 Å². The molecule has 1 fully saturated rings. The Balaban J connectivity index is 0.000000427. The third kappa shape index (κ3) is 5.70. The number of benzene rings is 2. The lowest BCUT2D eigenvalue weighted by molar-refractivity contribution is -0.886. The quantitative estimate of drug-likeness (QED) is 0.458. The number of amides is 1. The zero-order valence-electron chi connectivity index (χ0n) is 17.4. The van der Waals surface area contributed by atoms with Gasteiger partial charge in [0.1, 0.15) is 5.75 Å². The fourth-order valence-corrected chi connectivity index (χ4v) is 3.94. The molecule has 0 radical (unpaired) electrons.